The van der Waals surface area contributed by atoms with E-state index in [-0.39, 0.29) is 5.78 Å². The van der Waals surface area contributed by atoms with Crippen LogP contribution >= 0.6 is 9.47 Å². The Labute approximate surface area is 244 Å². The van der Waals surface area contributed by atoms with Crippen LogP contribution in [0.25, 0.3) is 0 Å². The van der Waals surface area contributed by atoms with Crippen molar-refractivity contribution in [1.82, 2.24) is 0 Å². The SMILES string of the molecule is CCCCCCCCCCCCCC(=O)CCCCCCCCCCCCCCCC(=O)C(OP)C(O)CO. The number of aliphatic hydroxyl groups excluding tert-OH is 2. The Balaban J connectivity index is 3.30. The van der Waals surface area contributed by atoms with E-state index < -0.39 is 18.8 Å². The van der Waals surface area contributed by atoms with Crippen molar-refractivity contribution in [3.63, 3.8) is 0 Å². The third kappa shape index (κ3) is 26.3. The standard InChI is InChI=1S/C33H65O5P/c1-2-3-4-5-6-7-11-14-17-20-23-26-30(35)27-24-21-18-15-12-9-8-10-13-16-19-22-25-28-31(36)33(38-39)32(37)29-34/h32-34,37H,2-29,39H2,1H3. The first-order valence-electron chi connectivity index (χ1n) is 16.8. The fourth-order valence-corrected chi connectivity index (χ4v) is 5.63. The van der Waals surface area contributed by atoms with Crippen molar-refractivity contribution in [2.75, 3.05) is 6.61 Å². The van der Waals surface area contributed by atoms with Gasteiger partial charge in [0.05, 0.1) is 6.61 Å². The number of ketones is 2. The van der Waals surface area contributed by atoms with Gasteiger partial charge in [-0.3, -0.25) is 9.59 Å². The van der Waals surface area contributed by atoms with Crippen molar-refractivity contribution in [2.45, 2.75) is 192 Å². The van der Waals surface area contributed by atoms with Crippen LogP contribution in [-0.4, -0.2) is 40.6 Å². The molecule has 0 aromatic rings. The van der Waals surface area contributed by atoms with Gasteiger partial charge in [-0.1, -0.05) is 142 Å². The summed E-state index contributed by atoms with van der Waals surface area (Å²) in [6.07, 6.45) is 30.1. The van der Waals surface area contributed by atoms with E-state index in [0.29, 0.717) is 12.2 Å². The zero-order valence-corrected chi connectivity index (χ0v) is 26.8. The summed E-state index contributed by atoms with van der Waals surface area (Å²) in [7, 11) is 2.00. The summed E-state index contributed by atoms with van der Waals surface area (Å²) in [5, 5.41) is 18.5. The molecule has 0 amide bonds. The van der Waals surface area contributed by atoms with Gasteiger partial charge in [0.15, 0.2) is 5.78 Å². The number of hydrogen-bond acceptors (Lipinski definition) is 5. The summed E-state index contributed by atoms with van der Waals surface area (Å²) in [5.41, 5.74) is 0. The van der Waals surface area contributed by atoms with Crippen LogP contribution < -0.4 is 0 Å². The highest BCUT2D eigenvalue weighted by molar-refractivity contribution is 7.09. The fourth-order valence-electron chi connectivity index (χ4n) is 5.30. The van der Waals surface area contributed by atoms with Gasteiger partial charge < -0.3 is 14.7 Å². The average Bonchev–Trinajstić information content (AvgIpc) is 2.94. The van der Waals surface area contributed by atoms with Gasteiger partial charge in [0.1, 0.15) is 18.0 Å². The predicted octanol–water partition coefficient (Wildman–Crippen LogP) is 9.21. The molecule has 232 valence electrons. The van der Waals surface area contributed by atoms with Crippen LogP contribution in [0.1, 0.15) is 180 Å². The van der Waals surface area contributed by atoms with Gasteiger partial charge in [0, 0.05) is 28.7 Å². The van der Waals surface area contributed by atoms with E-state index in [0.717, 1.165) is 44.9 Å². The van der Waals surface area contributed by atoms with E-state index in [9.17, 15) is 14.7 Å². The molecule has 0 radical (unpaired) electrons. The molecule has 2 N–H and O–H groups in total. The lowest BCUT2D eigenvalue weighted by Crippen LogP contribution is -2.36. The Hall–Kier alpha value is -0.350. The van der Waals surface area contributed by atoms with Crippen molar-refractivity contribution < 1.29 is 24.3 Å². The molecule has 3 atom stereocenters. The molecule has 0 saturated carbocycles. The summed E-state index contributed by atoms with van der Waals surface area (Å²) in [6, 6.07) is 0. The number of rotatable bonds is 32. The van der Waals surface area contributed by atoms with Gasteiger partial charge in [0.2, 0.25) is 0 Å². The number of aliphatic hydroxyl groups is 2. The van der Waals surface area contributed by atoms with Crippen LogP contribution in [0.3, 0.4) is 0 Å². The molecule has 0 aromatic heterocycles. The van der Waals surface area contributed by atoms with E-state index in [4.69, 9.17) is 9.63 Å². The molecule has 0 fully saturated rings. The second kappa shape index (κ2) is 30.6. The second-order valence-electron chi connectivity index (χ2n) is 11.7. The zero-order chi connectivity index (χ0) is 28.8. The average molecular weight is 573 g/mol. The molecule has 0 rings (SSSR count). The third-order valence-electron chi connectivity index (χ3n) is 7.94. The maximum atomic E-state index is 12.1. The third-order valence-corrected chi connectivity index (χ3v) is 8.23. The van der Waals surface area contributed by atoms with Crippen molar-refractivity contribution in [2.24, 2.45) is 0 Å². The normalized spacial score (nSPS) is 13.0. The molecule has 0 spiro atoms. The Morgan fingerprint density at radius 2 is 0.872 bits per heavy atom. The second-order valence-corrected chi connectivity index (χ2v) is 12.0. The molecule has 39 heavy (non-hydrogen) atoms. The van der Waals surface area contributed by atoms with E-state index >= 15 is 0 Å². The van der Waals surface area contributed by atoms with Crippen molar-refractivity contribution in [3.8, 4) is 0 Å². The maximum absolute atomic E-state index is 12.1. The summed E-state index contributed by atoms with van der Waals surface area (Å²) in [6.45, 7) is 1.80. The highest BCUT2D eigenvalue weighted by Gasteiger charge is 2.25. The zero-order valence-electron chi connectivity index (χ0n) is 25.7. The largest absolute Gasteiger partial charge is 0.394 e. The predicted molar refractivity (Wildman–Crippen MR) is 168 cm³/mol. The summed E-state index contributed by atoms with van der Waals surface area (Å²) in [5.74, 6) is 0.342. The number of hydrogen-bond donors (Lipinski definition) is 2. The molecular weight excluding hydrogens is 507 g/mol. The van der Waals surface area contributed by atoms with E-state index in [1.807, 2.05) is 9.47 Å². The number of carbonyl (C=O) groups is 2. The minimum absolute atomic E-state index is 0.141. The first-order chi connectivity index (χ1) is 19.1. The number of Topliss-reactive ketones (excluding diaryl/α,β-unsaturated/α-hetero) is 2. The maximum Gasteiger partial charge on any atom is 0.164 e. The molecule has 6 heteroatoms. The first kappa shape index (κ1) is 38.6. The number of carbonyl (C=O) groups excluding carboxylic acids is 2. The van der Waals surface area contributed by atoms with Gasteiger partial charge in [-0.2, -0.15) is 0 Å². The minimum Gasteiger partial charge on any atom is -0.394 e. The van der Waals surface area contributed by atoms with Crippen LogP contribution in [0.2, 0.25) is 0 Å². The summed E-state index contributed by atoms with van der Waals surface area (Å²) in [4.78, 5) is 24.1. The van der Waals surface area contributed by atoms with Crippen LogP contribution in [0.4, 0.5) is 0 Å². The molecule has 0 aliphatic heterocycles. The van der Waals surface area contributed by atoms with Crippen molar-refractivity contribution in [3.05, 3.63) is 0 Å². The van der Waals surface area contributed by atoms with Gasteiger partial charge in [-0.15, -0.1) is 0 Å². The van der Waals surface area contributed by atoms with Gasteiger partial charge in [-0.25, -0.2) is 0 Å². The lowest BCUT2D eigenvalue weighted by molar-refractivity contribution is -0.131. The quantitative estimate of drug-likeness (QED) is 0.0620. The molecule has 0 saturated heterocycles. The van der Waals surface area contributed by atoms with Gasteiger partial charge in [0.25, 0.3) is 0 Å². The Morgan fingerprint density at radius 1 is 0.564 bits per heavy atom. The molecule has 5 nitrogen and oxygen atoms in total. The van der Waals surface area contributed by atoms with Gasteiger partial charge >= 0.3 is 0 Å². The van der Waals surface area contributed by atoms with Crippen LogP contribution in [0.5, 0.6) is 0 Å². The highest BCUT2D eigenvalue weighted by atomic mass is 31.0. The number of unbranched alkanes of at least 4 members (excludes halogenated alkanes) is 22. The molecule has 0 bridgehead atoms. The van der Waals surface area contributed by atoms with Crippen LogP contribution in [0, 0.1) is 0 Å². The molecule has 0 aromatic carbocycles. The smallest absolute Gasteiger partial charge is 0.164 e. The monoisotopic (exact) mass is 572 g/mol. The van der Waals surface area contributed by atoms with Crippen molar-refractivity contribution >= 4 is 21.0 Å². The highest BCUT2D eigenvalue weighted by Crippen LogP contribution is 2.16. The van der Waals surface area contributed by atoms with E-state index in [1.165, 1.54) is 122 Å². The minimum atomic E-state index is -1.15. The fraction of sp³-hybridized carbons (Fsp3) is 0.939. The Bertz CT molecular complexity index is 542. The van der Waals surface area contributed by atoms with Gasteiger partial charge in [-0.05, 0) is 19.3 Å². The molecular formula is C33H65O5P. The van der Waals surface area contributed by atoms with E-state index in [1.54, 1.807) is 0 Å². The summed E-state index contributed by atoms with van der Waals surface area (Å²) >= 11 is 0. The lowest BCUT2D eigenvalue weighted by atomic mass is 10.0. The lowest BCUT2D eigenvalue weighted by Gasteiger charge is -2.18. The van der Waals surface area contributed by atoms with Crippen LogP contribution in [-0.2, 0) is 14.1 Å². The first-order valence-corrected chi connectivity index (χ1v) is 17.2. The Kier molecular flexibility index (Phi) is 30.3. The molecule has 0 aliphatic carbocycles. The van der Waals surface area contributed by atoms with E-state index in [2.05, 4.69) is 6.92 Å². The topological polar surface area (TPSA) is 83.8 Å². The van der Waals surface area contributed by atoms with Crippen molar-refractivity contribution in [1.29, 1.82) is 0 Å². The van der Waals surface area contributed by atoms with Crippen LogP contribution in [0.15, 0.2) is 0 Å². The Morgan fingerprint density at radius 3 is 1.18 bits per heavy atom. The molecule has 3 unspecified atom stereocenters. The molecule has 0 aliphatic rings. The molecule has 0 heterocycles. The summed E-state index contributed by atoms with van der Waals surface area (Å²) < 4.78 is 4.92.